The van der Waals surface area contributed by atoms with E-state index in [-0.39, 0.29) is 24.4 Å². The Balaban J connectivity index is 2.19. The van der Waals surface area contributed by atoms with Crippen LogP contribution in [0.25, 0.3) is 0 Å². The van der Waals surface area contributed by atoms with E-state index in [0.717, 1.165) is 5.56 Å². The summed E-state index contributed by atoms with van der Waals surface area (Å²) >= 11 is 0. The summed E-state index contributed by atoms with van der Waals surface area (Å²) in [6, 6.07) is 6.58. The molecule has 1 aliphatic rings. The van der Waals surface area contributed by atoms with Crippen molar-refractivity contribution in [2.45, 2.75) is 12.2 Å². The minimum Gasteiger partial charge on any atom is -0.478 e. The Kier molecular flexibility index (Phi) is 2.23. The molecule has 4 nitrogen and oxygen atoms in total. The molecule has 74 valence electrons. The smallest absolute Gasteiger partial charge is 0.335 e. The van der Waals surface area contributed by atoms with Crippen molar-refractivity contribution in [1.82, 2.24) is 0 Å². The van der Waals surface area contributed by atoms with Gasteiger partial charge in [-0.2, -0.15) is 0 Å². The topological polar surface area (TPSA) is 70.1 Å². The zero-order valence-corrected chi connectivity index (χ0v) is 7.38. The second-order valence-electron chi connectivity index (χ2n) is 3.21. The van der Waals surface area contributed by atoms with Gasteiger partial charge in [0.1, 0.15) is 12.2 Å². The number of hydrogen-bond donors (Lipinski definition) is 2. The normalized spacial score (nSPS) is 24.6. The molecule has 1 aliphatic heterocycles. The number of benzene rings is 1. The summed E-state index contributed by atoms with van der Waals surface area (Å²) in [7, 11) is 0. The highest BCUT2D eigenvalue weighted by molar-refractivity contribution is 5.87. The lowest BCUT2D eigenvalue weighted by Gasteiger charge is -1.97. The number of epoxide rings is 1. The summed E-state index contributed by atoms with van der Waals surface area (Å²) < 4.78 is 5.14. The maximum Gasteiger partial charge on any atom is 0.335 e. The van der Waals surface area contributed by atoms with Crippen molar-refractivity contribution in [3.8, 4) is 0 Å². The van der Waals surface area contributed by atoms with Gasteiger partial charge in [-0.15, -0.1) is 0 Å². The molecule has 2 N–H and O–H groups in total. The van der Waals surface area contributed by atoms with Gasteiger partial charge in [-0.25, -0.2) is 4.79 Å². The van der Waals surface area contributed by atoms with E-state index in [1.807, 2.05) is 0 Å². The Morgan fingerprint density at radius 3 is 2.86 bits per heavy atom. The van der Waals surface area contributed by atoms with Gasteiger partial charge in [-0.05, 0) is 17.7 Å². The predicted molar refractivity (Wildman–Crippen MR) is 48.1 cm³/mol. The molecule has 4 heteroatoms. The quantitative estimate of drug-likeness (QED) is 0.699. The highest BCUT2D eigenvalue weighted by atomic mass is 16.6. The zero-order valence-electron chi connectivity index (χ0n) is 7.38. The van der Waals surface area contributed by atoms with Crippen LogP contribution < -0.4 is 0 Å². The number of aromatic carboxylic acids is 1. The van der Waals surface area contributed by atoms with Gasteiger partial charge >= 0.3 is 5.97 Å². The minimum absolute atomic E-state index is 0.0258. The maximum absolute atomic E-state index is 10.7. The van der Waals surface area contributed by atoms with Crippen LogP contribution in [0.3, 0.4) is 0 Å². The van der Waals surface area contributed by atoms with Crippen molar-refractivity contribution in [2.75, 3.05) is 6.61 Å². The van der Waals surface area contributed by atoms with Crippen LogP contribution in [0.1, 0.15) is 22.0 Å². The van der Waals surface area contributed by atoms with Gasteiger partial charge in [-0.3, -0.25) is 0 Å². The molecule has 2 atom stereocenters. The first-order valence-corrected chi connectivity index (χ1v) is 4.32. The van der Waals surface area contributed by atoms with Gasteiger partial charge in [0.05, 0.1) is 12.2 Å². The van der Waals surface area contributed by atoms with Crippen molar-refractivity contribution in [3.05, 3.63) is 35.4 Å². The Labute approximate surface area is 80.7 Å². The number of carboxylic acids is 1. The number of aliphatic hydroxyl groups excluding tert-OH is 1. The first kappa shape index (κ1) is 9.18. The number of hydrogen-bond acceptors (Lipinski definition) is 3. The van der Waals surface area contributed by atoms with E-state index in [4.69, 9.17) is 14.9 Å². The fourth-order valence-electron chi connectivity index (χ4n) is 1.42. The Morgan fingerprint density at radius 1 is 1.50 bits per heavy atom. The van der Waals surface area contributed by atoms with E-state index in [2.05, 4.69) is 0 Å². The van der Waals surface area contributed by atoms with Crippen LogP contribution >= 0.6 is 0 Å². The third-order valence-corrected chi connectivity index (χ3v) is 2.22. The lowest BCUT2D eigenvalue weighted by molar-refractivity contribution is 0.0696. The largest absolute Gasteiger partial charge is 0.478 e. The Morgan fingerprint density at radius 2 is 2.29 bits per heavy atom. The standard InChI is InChI=1S/C10H10O4/c11-5-8-9(14-8)6-2-1-3-7(4-6)10(12)13/h1-4,8-9,11H,5H2,(H,12,13). The zero-order chi connectivity index (χ0) is 10.1. The van der Waals surface area contributed by atoms with Crippen molar-refractivity contribution >= 4 is 5.97 Å². The van der Waals surface area contributed by atoms with E-state index < -0.39 is 5.97 Å². The summed E-state index contributed by atoms with van der Waals surface area (Å²) in [6.45, 7) is -0.0258. The molecule has 1 heterocycles. The van der Waals surface area contributed by atoms with E-state index >= 15 is 0 Å². The molecule has 1 saturated heterocycles. The summed E-state index contributed by atoms with van der Waals surface area (Å²) in [5.41, 5.74) is 1.05. The summed E-state index contributed by atoms with van der Waals surface area (Å²) in [5, 5.41) is 17.5. The second-order valence-corrected chi connectivity index (χ2v) is 3.21. The van der Waals surface area contributed by atoms with E-state index in [9.17, 15) is 4.79 Å². The van der Waals surface area contributed by atoms with Crippen molar-refractivity contribution in [2.24, 2.45) is 0 Å². The van der Waals surface area contributed by atoms with Gasteiger partial charge in [0.2, 0.25) is 0 Å². The molecule has 2 unspecified atom stereocenters. The summed E-state index contributed by atoms with van der Waals surface area (Å²) in [4.78, 5) is 10.7. The average Bonchev–Trinajstić information content (AvgIpc) is 2.97. The molecule has 0 amide bonds. The molecule has 0 radical (unpaired) electrons. The van der Waals surface area contributed by atoms with E-state index in [0.29, 0.717) is 0 Å². The molecule has 14 heavy (non-hydrogen) atoms. The van der Waals surface area contributed by atoms with Gasteiger partial charge in [0.15, 0.2) is 0 Å². The molecular weight excluding hydrogens is 184 g/mol. The molecule has 0 spiro atoms. The lowest BCUT2D eigenvalue weighted by atomic mass is 10.1. The molecule has 0 bridgehead atoms. The van der Waals surface area contributed by atoms with Crippen LogP contribution in [0, 0.1) is 0 Å². The van der Waals surface area contributed by atoms with Crippen LogP contribution in [0.5, 0.6) is 0 Å². The molecule has 1 fully saturated rings. The van der Waals surface area contributed by atoms with E-state index in [1.165, 1.54) is 6.07 Å². The number of rotatable bonds is 3. The Bertz CT molecular complexity index is 361. The highest BCUT2D eigenvalue weighted by Crippen LogP contribution is 2.38. The molecular formula is C10H10O4. The first-order chi connectivity index (χ1) is 6.72. The molecule has 1 aromatic rings. The van der Waals surface area contributed by atoms with Crippen molar-refractivity contribution in [3.63, 3.8) is 0 Å². The van der Waals surface area contributed by atoms with Gasteiger partial charge < -0.3 is 14.9 Å². The van der Waals surface area contributed by atoms with Crippen LogP contribution in [0.4, 0.5) is 0 Å². The SMILES string of the molecule is O=C(O)c1cccc(C2OC2CO)c1. The van der Waals surface area contributed by atoms with Crippen LogP contribution in [-0.4, -0.2) is 28.9 Å². The van der Waals surface area contributed by atoms with E-state index in [1.54, 1.807) is 18.2 Å². The first-order valence-electron chi connectivity index (χ1n) is 4.32. The minimum atomic E-state index is -0.951. The molecule has 0 aliphatic carbocycles. The van der Waals surface area contributed by atoms with Gasteiger partial charge in [0.25, 0.3) is 0 Å². The average molecular weight is 194 g/mol. The molecule has 2 rings (SSSR count). The lowest BCUT2D eigenvalue weighted by Crippen LogP contribution is -1.98. The van der Waals surface area contributed by atoms with Gasteiger partial charge in [0, 0.05) is 0 Å². The Hall–Kier alpha value is -1.39. The fourth-order valence-corrected chi connectivity index (χ4v) is 1.42. The van der Waals surface area contributed by atoms with Crippen LogP contribution in [-0.2, 0) is 4.74 Å². The van der Waals surface area contributed by atoms with Gasteiger partial charge in [-0.1, -0.05) is 12.1 Å². The summed E-state index contributed by atoms with van der Waals surface area (Å²) in [5.74, 6) is -0.951. The third-order valence-electron chi connectivity index (χ3n) is 2.22. The highest BCUT2D eigenvalue weighted by Gasteiger charge is 2.39. The number of aliphatic hydroxyl groups is 1. The van der Waals surface area contributed by atoms with Crippen molar-refractivity contribution in [1.29, 1.82) is 0 Å². The monoisotopic (exact) mass is 194 g/mol. The number of carbonyl (C=O) groups is 1. The third kappa shape index (κ3) is 1.62. The van der Waals surface area contributed by atoms with Crippen molar-refractivity contribution < 1.29 is 19.7 Å². The second kappa shape index (κ2) is 3.40. The molecule has 0 saturated carbocycles. The summed E-state index contributed by atoms with van der Waals surface area (Å²) in [6.07, 6.45) is -0.307. The number of ether oxygens (including phenoxy) is 1. The molecule has 0 aromatic heterocycles. The number of carboxylic acid groups (broad SMARTS) is 1. The molecule has 1 aromatic carbocycles. The fraction of sp³-hybridized carbons (Fsp3) is 0.300. The maximum atomic E-state index is 10.7. The van der Waals surface area contributed by atoms with Crippen LogP contribution in [0.2, 0.25) is 0 Å². The predicted octanol–water partition coefficient (Wildman–Crippen LogP) is 0.817. The van der Waals surface area contributed by atoms with Crippen LogP contribution in [0.15, 0.2) is 24.3 Å².